The third kappa shape index (κ3) is 3.36. The number of fused-ring (bicyclic) bond motifs is 1. The van der Waals surface area contributed by atoms with Gasteiger partial charge >= 0.3 is 0 Å². The van der Waals surface area contributed by atoms with E-state index in [0.29, 0.717) is 19.1 Å². The highest BCUT2D eigenvalue weighted by Gasteiger charge is 2.23. The van der Waals surface area contributed by atoms with E-state index in [1.165, 1.54) is 18.4 Å². The molecule has 1 fully saturated rings. The highest BCUT2D eigenvalue weighted by molar-refractivity contribution is 5.43. The molecule has 1 aromatic carbocycles. The number of likely N-dealkylation sites (tertiary alicyclic amines) is 1. The summed E-state index contributed by atoms with van der Waals surface area (Å²) in [5, 5.41) is 0. The van der Waals surface area contributed by atoms with Gasteiger partial charge in [-0.2, -0.15) is 0 Å². The molecule has 3 heterocycles. The summed E-state index contributed by atoms with van der Waals surface area (Å²) in [4.78, 5) is 11.5. The Morgan fingerprint density at radius 1 is 1.17 bits per heavy atom. The molecule has 0 radical (unpaired) electrons. The third-order valence-corrected chi connectivity index (χ3v) is 4.71. The van der Waals surface area contributed by atoms with Crippen molar-refractivity contribution >= 4 is 0 Å². The lowest BCUT2D eigenvalue weighted by atomic mass is 9.94. The highest BCUT2D eigenvalue weighted by Crippen LogP contribution is 2.32. The first kappa shape index (κ1) is 15.4. The standard InChI is InChI=1S/C19H23N3O2/c1-14-10-20-11-17(21-14)16-3-2-6-22(13-16)12-15-4-5-18-19(9-15)24-8-7-23-18/h4-5,9-11,16H,2-3,6-8,12-13H2,1H3/t16-/m0/s1. The van der Waals surface area contributed by atoms with Crippen molar-refractivity contribution < 1.29 is 9.47 Å². The maximum absolute atomic E-state index is 5.70. The van der Waals surface area contributed by atoms with Gasteiger partial charge in [-0.25, -0.2) is 0 Å². The first-order valence-electron chi connectivity index (χ1n) is 8.67. The van der Waals surface area contributed by atoms with Gasteiger partial charge in [0.1, 0.15) is 13.2 Å². The number of piperidine rings is 1. The van der Waals surface area contributed by atoms with E-state index in [9.17, 15) is 0 Å². The number of hydrogen-bond donors (Lipinski definition) is 0. The predicted octanol–water partition coefficient (Wildman–Crippen LogP) is 2.94. The average molecular weight is 325 g/mol. The van der Waals surface area contributed by atoms with E-state index >= 15 is 0 Å². The van der Waals surface area contributed by atoms with E-state index in [2.05, 4.69) is 27.0 Å². The summed E-state index contributed by atoms with van der Waals surface area (Å²) in [5.41, 5.74) is 3.40. The summed E-state index contributed by atoms with van der Waals surface area (Å²) in [7, 11) is 0. The minimum Gasteiger partial charge on any atom is -0.486 e. The summed E-state index contributed by atoms with van der Waals surface area (Å²) in [5.74, 6) is 2.21. The lowest BCUT2D eigenvalue weighted by molar-refractivity contribution is 0.170. The van der Waals surface area contributed by atoms with Crippen LogP contribution in [0.3, 0.4) is 0 Å². The second-order valence-electron chi connectivity index (χ2n) is 6.64. The molecule has 0 aliphatic carbocycles. The van der Waals surface area contributed by atoms with Crippen molar-refractivity contribution in [1.29, 1.82) is 0 Å². The Balaban J connectivity index is 1.45. The zero-order valence-electron chi connectivity index (χ0n) is 14.1. The van der Waals surface area contributed by atoms with Crippen LogP contribution in [0, 0.1) is 6.92 Å². The molecule has 2 aromatic rings. The zero-order chi connectivity index (χ0) is 16.4. The second-order valence-corrected chi connectivity index (χ2v) is 6.64. The summed E-state index contributed by atoms with van der Waals surface area (Å²) in [6, 6.07) is 6.28. The van der Waals surface area contributed by atoms with Crippen LogP contribution in [0.1, 0.15) is 35.7 Å². The third-order valence-electron chi connectivity index (χ3n) is 4.71. The zero-order valence-corrected chi connectivity index (χ0v) is 14.1. The topological polar surface area (TPSA) is 47.5 Å². The molecule has 0 amide bonds. The fourth-order valence-electron chi connectivity index (χ4n) is 3.56. The number of ether oxygens (including phenoxy) is 2. The molecule has 0 spiro atoms. The average Bonchev–Trinajstić information content (AvgIpc) is 2.62. The first-order chi connectivity index (χ1) is 11.8. The van der Waals surface area contributed by atoms with Gasteiger partial charge < -0.3 is 9.47 Å². The number of hydrogen-bond acceptors (Lipinski definition) is 5. The van der Waals surface area contributed by atoms with E-state index in [4.69, 9.17) is 9.47 Å². The van der Waals surface area contributed by atoms with Crippen LogP contribution in [0.15, 0.2) is 30.6 Å². The molecule has 126 valence electrons. The number of nitrogens with zero attached hydrogens (tertiary/aromatic N) is 3. The predicted molar refractivity (Wildman–Crippen MR) is 91.5 cm³/mol. The van der Waals surface area contributed by atoms with E-state index in [0.717, 1.165) is 42.5 Å². The Kier molecular flexibility index (Phi) is 4.34. The van der Waals surface area contributed by atoms with Crippen molar-refractivity contribution in [2.24, 2.45) is 0 Å². The van der Waals surface area contributed by atoms with Crippen molar-refractivity contribution in [3.63, 3.8) is 0 Å². The Morgan fingerprint density at radius 3 is 2.92 bits per heavy atom. The van der Waals surface area contributed by atoms with Crippen LogP contribution in [0.25, 0.3) is 0 Å². The van der Waals surface area contributed by atoms with Crippen molar-refractivity contribution in [2.75, 3.05) is 26.3 Å². The number of rotatable bonds is 3. The van der Waals surface area contributed by atoms with Gasteiger partial charge in [0.2, 0.25) is 0 Å². The molecule has 2 aliphatic rings. The van der Waals surface area contributed by atoms with Crippen LogP contribution in [-0.2, 0) is 6.54 Å². The Hall–Kier alpha value is -2.14. The van der Waals surface area contributed by atoms with Crippen LogP contribution in [-0.4, -0.2) is 41.2 Å². The molecular weight excluding hydrogens is 302 g/mol. The van der Waals surface area contributed by atoms with Crippen LogP contribution >= 0.6 is 0 Å². The number of aryl methyl sites for hydroxylation is 1. The van der Waals surface area contributed by atoms with Crippen molar-refractivity contribution in [1.82, 2.24) is 14.9 Å². The Morgan fingerprint density at radius 2 is 2.04 bits per heavy atom. The van der Waals surface area contributed by atoms with Crippen LogP contribution in [0.4, 0.5) is 0 Å². The van der Waals surface area contributed by atoms with Crippen molar-refractivity contribution in [3.05, 3.63) is 47.5 Å². The van der Waals surface area contributed by atoms with Gasteiger partial charge in [0.25, 0.3) is 0 Å². The molecule has 1 saturated heterocycles. The first-order valence-corrected chi connectivity index (χ1v) is 8.67. The molecule has 5 nitrogen and oxygen atoms in total. The number of benzene rings is 1. The van der Waals surface area contributed by atoms with Gasteiger partial charge in [0.15, 0.2) is 11.5 Å². The lowest BCUT2D eigenvalue weighted by Crippen LogP contribution is -2.34. The molecule has 5 heteroatoms. The fraction of sp³-hybridized carbons (Fsp3) is 0.474. The molecule has 24 heavy (non-hydrogen) atoms. The van der Waals surface area contributed by atoms with Gasteiger partial charge in [-0.3, -0.25) is 14.9 Å². The van der Waals surface area contributed by atoms with Gasteiger partial charge in [-0.15, -0.1) is 0 Å². The normalized spacial score (nSPS) is 20.8. The Bertz CT molecular complexity index is 720. The molecule has 1 aromatic heterocycles. The molecule has 2 aliphatic heterocycles. The van der Waals surface area contributed by atoms with Gasteiger partial charge in [0, 0.05) is 31.4 Å². The molecular formula is C19H23N3O2. The molecule has 0 unspecified atom stereocenters. The minimum absolute atomic E-state index is 0.475. The van der Waals surface area contributed by atoms with E-state index < -0.39 is 0 Å². The summed E-state index contributed by atoms with van der Waals surface area (Å²) < 4.78 is 11.3. The monoisotopic (exact) mass is 325 g/mol. The molecule has 0 bridgehead atoms. The van der Waals surface area contributed by atoms with Gasteiger partial charge in [-0.1, -0.05) is 6.07 Å². The summed E-state index contributed by atoms with van der Waals surface area (Å²) in [6.07, 6.45) is 6.13. The lowest BCUT2D eigenvalue weighted by Gasteiger charge is -2.32. The van der Waals surface area contributed by atoms with E-state index in [1.54, 1.807) is 0 Å². The highest BCUT2D eigenvalue weighted by atomic mass is 16.6. The molecule has 0 saturated carbocycles. The number of aromatic nitrogens is 2. The largest absolute Gasteiger partial charge is 0.486 e. The maximum Gasteiger partial charge on any atom is 0.161 e. The smallest absolute Gasteiger partial charge is 0.161 e. The Labute approximate surface area is 142 Å². The summed E-state index contributed by atoms with van der Waals surface area (Å²) in [6.45, 7) is 6.38. The molecule has 4 rings (SSSR count). The minimum atomic E-state index is 0.475. The molecule has 1 atom stereocenters. The quantitative estimate of drug-likeness (QED) is 0.868. The van der Waals surface area contributed by atoms with E-state index in [-0.39, 0.29) is 0 Å². The van der Waals surface area contributed by atoms with Crippen LogP contribution < -0.4 is 9.47 Å². The van der Waals surface area contributed by atoms with Gasteiger partial charge in [0.05, 0.1) is 11.4 Å². The van der Waals surface area contributed by atoms with Crippen LogP contribution in [0.5, 0.6) is 11.5 Å². The fourth-order valence-corrected chi connectivity index (χ4v) is 3.56. The van der Waals surface area contributed by atoms with Crippen molar-refractivity contribution in [2.45, 2.75) is 32.2 Å². The van der Waals surface area contributed by atoms with E-state index in [1.807, 2.05) is 25.4 Å². The maximum atomic E-state index is 5.70. The second kappa shape index (κ2) is 6.77. The summed E-state index contributed by atoms with van der Waals surface area (Å²) >= 11 is 0. The van der Waals surface area contributed by atoms with Crippen LogP contribution in [0.2, 0.25) is 0 Å². The molecule has 0 N–H and O–H groups in total. The SMILES string of the molecule is Cc1cncc([C@H]2CCCN(Cc3ccc4c(c3)OCCO4)C2)n1. The van der Waals surface area contributed by atoms with Crippen molar-refractivity contribution in [3.8, 4) is 11.5 Å². The van der Waals surface area contributed by atoms with Gasteiger partial charge in [-0.05, 0) is 44.0 Å².